The van der Waals surface area contributed by atoms with Crippen molar-refractivity contribution in [2.24, 2.45) is 0 Å². The maximum absolute atomic E-state index is 12.3. The molecule has 0 spiro atoms. The number of hydrogen-bond acceptors (Lipinski definition) is 7. The molecule has 1 atom stereocenters. The number of benzene rings is 1. The van der Waals surface area contributed by atoms with Gasteiger partial charge in [-0.3, -0.25) is 9.69 Å². The third-order valence-electron chi connectivity index (χ3n) is 7.28. The first-order valence-electron chi connectivity index (χ1n) is 12.7. The van der Waals surface area contributed by atoms with Crippen LogP contribution in [0.5, 0.6) is 5.88 Å². The Morgan fingerprint density at radius 1 is 1.03 bits per heavy atom. The first-order chi connectivity index (χ1) is 16.8. The molecule has 182 valence electrons. The van der Waals surface area contributed by atoms with Gasteiger partial charge in [-0.15, -0.1) is 10.2 Å². The van der Waals surface area contributed by atoms with Crippen LogP contribution in [0.4, 0.5) is 5.82 Å². The quantitative estimate of drug-likeness (QED) is 0.674. The molecule has 1 aromatic heterocycles. The van der Waals surface area contributed by atoms with E-state index < -0.39 is 0 Å². The molecule has 1 N–H and O–H groups in total. The number of carbonyl (C=O) groups is 1. The van der Waals surface area contributed by atoms with Crippen molar-refractivity contribution in [3.63, 3.8) is 0 Å². The van der Waals surface area contributed by atoms with Crippen LogP contribution in [0.25, 0.3) is 0 Å². The van der Waals surface area contributed by atoms with Gasteiger partial charge < -0.3 is 19.7 Å². The summed E-state index contributed by atoms with van der Waals surface area (Å²) >= 11 is 0. The number of rotatable bonds is 7. The van der Waals surface area contributed by atoms with E-state index in [0.29, 0.717) is 19.0 Å². The molecule has 2 fully saturated rings. The fourth-order valence-corrected chi connectivity index (χ4v) is 5.36. The highest BCUT2D eigenvalue weighted by Crippen LogP contribution is 2.26. The zero-order valence-corrected chi connectivity index (χ0v) is 19.8. The number of piperazine rings is 1. The molecule has 0 bridgehead atoms. The molecule has 1 unspecified atom stereocenters. The topological polar surface area (TPSA) is 79.8 Å². The summed E-state index contributed by atoms with van der Waals surface area (Å²) in [6.07, 6.45) is 7.63. The van der Waals surface area contributed by atoms with Crippen molar-refractivity contribution in [2.45, 2.75) is 50.7 Å². The van der Waals surface area contributed by atoms with Gasteiger partial charge in [0.25, 0.3) is 5.91 Å². The number of nitrogens with zero attached hydrogens (tertiary/aromatic N) is 4. The minimum Gasteiger partial charge on any atom is -0.466 e. The molecule has 5 rings (SSSR count). The second-order valence-electron chi connectivity index (χ2n) is 9.45. The number of amides is 1. The van der Waals surface area contributed by atoms with Crippen molar-refractivity contribution in [3.8, 4) is 5.88 Å². The zero-order valence-electron chi connectivity index (χ0n) is 19.8. The summed E-state index contributed by atoms with van der Waals surface area (Å²) in [4.78, 5) is 17.2. The smallest absolute Gasteiger partial charge is 0.258 e. The summed E-state index contributed by atoms with van der Waals surface area (Å²) in [5, 5.41) is 11.4. The van der Waals surface area contributed by atoms with Crippen molar-refractivity contribution in [2.75, 3.05) is 50.8 Å². The average Bonchev–Trinajstić information content (AvgIpc) is 2.91. The van der Waals surface area contributed by atoms with Gasteiger partial charge in [-0.25, -0.2) is 0 Å². The van der Waals surface area contributed by atoms with Crippen LogP contribution in [-0.2, 0) is 16.0 Å². The van der Waals surface area contributed by atoms with Crippen molar-refractivity contribution in [1.29, 1.82) is 0 Å². The van der Waals surface area contributed by atoms with Gasteiger partial charge in [0.1, 0.15) is 6.10 Å². The van der Waals surface area contributed by atoms with Crippen LogP contribution in [-0.4, -0.2) is 73.0 Å². The number of carbonyl (C=O) groups excluding carboxylic acids is 1. The summed E-state index contributed by atoms with van der Waals surface area (Å²) in [5.41, 5.74) is 2.44. The summed E-state index contributed by atoms with van der Waals surface area (Å²) in [6.45, 7) is 5.12. The van der Waals surface area contributed by atoms with Gasteiger partial charge in [0, 0.05) is 44.8 Å². The van der Waals surface area contributed by atoms with Crippen molar-refractivity contribution in [1.82, 2.24) is 20.4 Å². The molecule has 3 aliphatic rings. The van der Waals surface area contributed by atoms with Gasteiger partial charge in [-0.05, 0) is 36.5 Å². The fourth-order valence-electron chi connectivity index (χ4n) is 5.36. The van der Waals surface area contributed by atoms with Gasteiger partial charge in [0.2, 0.25) is 5.88 Å². The maximum atomic E-state index is 12.3. The molecule has 1 aliphatic carbocycles. The minimum atomic E-state index is -0.198. The number of hydrogen-bond donors (Lipinski definition) is 1. The first-order valence-corrected chi connectivity index (χ1v) is 12.7. The summed E-state index contributed by atoms with van der Waals surface area (Å²) in [5.74, 6) is 1.03. The van der Waals surface area contributed by atoms with Crippen molar-refractivity contribution >= 4 is 11.7 Å². The lowest BCUT2D eigenvalue weighted by atomic mass is 9.94. The van der Waals surface area contributed by atoms with Crippen LogP contribution in [0.15, 0.2) is 36.4 Å². The SMILES string of the molecule is O=C(COc1ccc(N2CCN(C3CCCCC3)CC2)nn1)NCC1OCCc2ccccc21. The number of fused-ring (bicyclic) bond motifs is 1. The van der Waals surface area contributed by atoms with Crippen LogP contribution < -0.4 is 15.0 Å². The van der Waals surface area contributed by atoms with E-state index in [1.54, 1.807) is 6.07 Å². The molecular formula is C26H35N5O3. The monoisotopic (exact) mass is 465 g/mol. The summed E-state index contributed by atoms with van der Waals surface area (Å²) in [7, 11) is 0. The van der Waals surface area contributed by atoms with E-state index >= 15 is 0 Å². The van der Waals surface area contributed by atoms with Crippen LogP contribution >= 0.6 is 0 Å². The van der Waals surface area contributed by atoms with E-state index in [2.05, 4.69) is 37.4 Å². The number of nitrogens with one attached hydrogen (secondary N) is 1. The molecule has 1 aromatic carbocycles. The lowest BCUT2D eigenvalue weighted by Gasteiger charge is -2.41. The van der Waals surface area contributed by atoms with Crippen LogP contribution in [0.3, 0.4) is 0 Å². The van der Waals surface area contributed by atoms with E-state index in [1.807, 2.05) is 18.2 Å². The van der Waals surface area contributed by atoms with Crippen LogP contribution in [0.2, 0.25) is 0 Å². The number of aromatic nitrogens is 2. The Bertz CT molecular complexity index is 940. The molecule has 0 radical (unpaired) electrons. The van der Waals surface area contributed by atoms with Crippen molar-refractivity contribution < 1.29 is 14.3 Å². The van der Waals surface area contributed by atoms with Gasteiger partial charge >= 0.3 is 0 Å². The average molecular weight is 466 g/mol. The van der Waals surface area contributed by atoms with Crippen LogP contribution in [0.1, 0.15) is 49.3 Å². The van der Waals surface area contributed by atoms with Gasteiger partial charge in [0.15, 0.2) is 12.4 Å². The molecule has 1 saturated carbocycles. The molecule has 3 heterocycles. The second-order valence-corrected chi connectivity index (χ2v) is 9.45. The Kier molecular flexibility index (Phi) is 7.56. The van der Waals surface area contributed by atoms with Crippen LogP contribution in [0, 0.1) is 0 Å². The molecule has 2 aromatic rings. The van der Waals surface area contributed by atoms with Gasteiger partial charge in [-0.2, -0.15) is 0 Å². The van der Waals surface area contributed by atoms with E-state index in [0.717, 1.165) is 50.0 Å². The second kappa shape index (κ2) is 11.1. The molecule has 1 amide bonds. The van der Waals surface area contributed by atoms with E-state index in [-0.39, 0.29) is 18.6 Å². The number of anilines is 1. The largest absolute Gasteiger partial charge is 0.466 e. The lowest BCUT2D eigenvalue weighted by Crippen LogP contribution is -2.51. The molecule has 8 heteroatoms. The summed E-state index contributed by atoms with van der Waals surface area (Å²) < 4.78 is 11.4. The molecule has 8 nitrogen and oxygen atoms in total. The Labute approximate surface area is 201 Å². The highest BCUT2D eigenvalue weighted by Gasteiger charge is 2.26. The Hall–Kier alpha value is -2.71. The fraction of sp³-hybridized carbons (Fsp3) is 0.577. The lowest BCUT2D eigenvalue weighted by molar-refractivity contribution is -0.124. The molecule has 34 heavy (non-hydrogen) atoms. The normalized spacial score (nSPS) is 21.6. The van der Waals surface area contributed by atoms with E-state index in [1.165, 1.54) is 37.7 Å². The Morgan fingerprint density at radius 3 is 2.65 bits per heavy atom. The minimum absolute atomic E-state index is 0.0948. The predicted octanol–water partition coefficient (Wildman–Crippen LogP) is 2.74. The summed E-state index contributed by atoms with van der Waals surface area (Å²) in [6, 6.07) is 12.7. The van der Waals surface area contributed by atoms with E-state index in [4.69, 9.17) is 9.47 Å². The zero-order chi connectivity index (χ0) is 23.2. The maximum Gasteiger partial charge on any atom is 0.258 e. The first kappa shape index (κ1) is 23.1. The highest BCUT2D eigenvalue weighted by atomic mass is 16.5. The third-order valence-corrected chi connectivity index (χ3v) is 7.28. The Morgan fingerprint density at radius 2 is 1.85 bits per heavy atom. The molecule has 1 saturated heterocycles. The van der Waals surface area contributed by atoms with Gasteiger partial charge in [0.05, 0.1) is 6.61 Å². The van der Waals surface area contributed by atoms with Gasteiger partial charge in [-0.1, -0.05) is 43.5 Å². The molecule has 2 aliphatic heterocycles. The van der Waals surface area contributed by atoms with Crippen molar-refractivity contribution in [3.05, 3.63) is 47.5 Å². The van der Waals surface area contributed by atoms with E-state index in [9.17, 15) is 4.79 Å². The molecular weight excluding hydrogens is 430 g/mol. The standard InChI is InChI=1S/C26H35N5O3/c32-25(27-18-23-22-9-5-4-6-20(22)12-17-33-23)19-34-26-11-10-24(28-29-26)31-15-13-30(14-16-31)21-7-2-1-3-8-21/h4-6,9-11,21,23H,1-3,7-8,12-19H2,(H,27,32). The highest BCUT2D eigenvalue weighted by molar-refractivity contribution is 5.77. The number of ether oxygens (including phenoxy) is 2. The Balaban J connectivity index is 1.04. The predicted molar refractivity (Wildman–Crippen MR) is 130 cm³/mol. The third kappa shape index (κ3) is 5.67.